The van der Waals surface area contributed by atoms with Crippen molar-refractivity contribution in [2.75, 3.05) is 19.6 Å². The van der Waals surface area contributed by atoms with E-state index in [4.69, 9.17) is 5.73 Å². The molecule has 2 N–H and O–H groups in total. The number of likely N-dealkylation sites (tertiary alicyclic amines) is 1. The summed E-state index contributed by atoms with van der Waals surface area (Å²) in [5.41, 5.74) is 5.60. The van der Waals surface area contributed by atoms with Gasteiger partial charge < -0.3 is 10.6 Å². The third-order valence-electron chi connectivity index (χ3n) is 2.99. The zero-order valence-corrected chi connectivity index (χ0v) is 9.12. The first-order valence-electron chi connectivity index (χ1n) is 5.48. The molecule has 2 rings (SSSR count). The predicted molar refractivity (Wildman–Crippen MR) is 56.2 cm³/mol. The monoisotopic (exact) mass is 224 g/mol. The number of tetrazole rings is 1. The minimum Gasteiger partial charge on any atom is -0.341 e. The van der Waals surface area contributed by atoms with Crippen molar-refractivity contribution < 1.29 is 4.79 Å². The molecule has 1 fully saturated rings. The van der Waals surface area contributed by atoms with Gasteiger partial charge >= 0.3 is 0 Å². The molecule has 0 radical (unpaired) electrons. The molecule has 0 saturated carbocycles. The summed E-state index contributed by atoms with van der Waals surface area (Å²) in [4.78, 5) is 13.7. The molecule has 16 heavy (non-hydrogen) atoms. The van der Waals surface area contributed by atoms with Gasteiger partial charge in [-0.1, -0.05) is 0 Å². The van der Waals surface area contributed by atoms with Gasteiger partial charge in [-0.25, -0.2) is 4.68 Å². The van der Waals surface area contributed by atoms with Crippen LogP contribution in [0.3, 0.4) is 0 Å². The predicted octanol–water partition coefficient (Wildman–Crippen LogP) is -1.13. The van der Waals surface area contributed by atoms with Gasteiger partial charge in [0.2, 0.25) is 5.91 Å². The Balaban J connectivity index is 1.82. The maximum absolute atomic E-state index is 11.8. The molecule has 2 heterocycles. The molecule has 7 heteroatoms. The zero-order chi connectivity index (χ0) is 11.4. The van der Waals surface area contributed by atoms with Crippen LogP contribution in [-0.2, 0) is 11.3 Å². The summed E-state index contributed by atoms with van der Waals surface area (Å²) in [6, 6.07) is 0. The van der Waals surface area contributed by atoms with Crippen LogP contribution in [0.1, 0.15) is 12.8 Å². The number of hydrogen-bond donors (Lipinski definition) is 1. The first-order chi connectivity index (χ1) is 7.79. The van der Waals surface area contributed by atoms with Gasteiger partial charge in [-0.2, -0.15) is 0 Å². The van der Waals surface area contributed by atoms with Gasteiger partial charge in [0, 0.05) is 13.1 Å². The topological polar surface area (TPSA) is 89.9 Å². The molecular weight excluding hydrogens is 208 g/mol. The van der Waals surface area contributed by atoms with Gasteiger partial charge in [0.25, 0.3) is 0 Å². The maximum atomic E-state index is 11.8. The number of nitrogens with two attached hydrogens (primary N) is 1. The van der Waals surface area contributed by atoms with E-state index in [1.807, 2.05) is 4.90 Å². The lowest BCUT2D eigenvalue weighted by Crippen LogP contribution is -2.41. The average molecular weight is 224 g/mol. The van der Waals surface area contributed by atoms with E-state index >= 15 is 0 Å². The minimum absolute atomic E-state index is 0.0720. The Morgan fingerprint density at radius 1 is 1.44 bits per heavy atom. The number of rotatable bonds is 3. The zero-order valence-electron chi connectivity index (χ0n) is 9.12. The molecule has 1 aliphatic rings. The number of nitrogens with zero attached hydrogens (tertiary/aromatic N) is 5. The van der Waals surface area contributed by atoms with E-state index in [9.17, 15) is 4.79 Å². The van der Waals surface area contributed by atoms with Crippen molar-refractivity contribution in [3.05, 3.63) is 6.33 Å². The molecule has 1 aromatic heterocycles. The molecule has 0 spiro atoms. The number of carbonyl (C=O) groups excluding carboxylic acids is 1. The van der Waals surface area contributed by atoms with E-state index in [0.717, 1.165) is 32.5 Å². The number of hydrogen-bond acceptors (Lipinski definition) is 5. The third-order valence-corrected chi connectivity index (χ3v) is 2.99. The highest BCUT2D eigenvalue weighted by molar-refractivity contribution is 5.75. The third kappa shape index (κ3) is 2.54. The van der Waals surface area contributed by atoms with Gasteiger partial charge in [-0.15, -0.1) is 5.10 Å². The number of amides is 1. The highest BCUT2D eigenvalue weighted by Crippen LogP contribution is 2.15. The van der Waals surface area contributed by atoms with Crippen molar-refractivity contribution in [1.29, 1.82) is 0 Å². The molecule has 0 bridgehead atoms. The fourth-order valence-electron chi connectivity index (χ4n) is 1.91. The Labute approximate surface area is 93.6 Å². The normalized spacial score (nSPS) is 17.7. The van der Waals surface area contributed by atoms with Crippen LogP contribution < -0.4 is 5.73 Å². The van der Waals surface area contributed by atoms with Gasteiger partial charge in [0.1, 0.15) is 12.9 Å². The van der Waals surface area contributed by atoms with Crippen molar-refractivity contribution in [3.8, 4) is 0 Å². The minimum atomic E-state index is 0.0720. The standard InChI is InChI=1S/C9H16N6O/c10-5-8-1-3-14(4-2-8)9(16)6-15-7-11-12-13-15/h7-8H,1-6,10H2. The van der Waals surface area contributed by atoms with Crippen LogP contribution in [0.15, 0.2) is 6.33 Å². The van der Waals surface area contributed by atoms with Crippen molar-refractivity contribution in [3.63, 3.8) is 0 Å². The molecule has 0 aromatic carbocycles. The van der Waals surface area contributed by atoms with Crippen LogP contribution in [0, 0.1) is 5.92 Å². The molecule has 88 valence electrons. The van der Waals surface area contributed by atoms with E-state index in [-0.39, 0.29) is 12.5 Å². The first kappa shape index (κ1) is 11.0. The van der Waals surface area contributed by atoms with Crippen LogP contribution in [0.2, 0.25) is 0 Å². The Morgan fingerprint density at radius 2 is 2.19 bits per heavy atom. The Kier molecular flexibility index (Phi) is 3.45. The van der Waals surface area contributed by atoms with E-state index < -0.39 is 0 Å². The van der Waals surface area contributed by atoms with Crippen LogP contribution in [-0.4, -0.2) is 50.6 Å². The molecule has 0 unspecified atom stereocenters. The second-order valence-corrected chi connectivity index (χ2v) is 4.07. The molecular formula is C9H16N6O. The maximum Gasteiger partial charge on any atom is 0.244 e. The van der Waals surface area contributed by atoms with Crippen LogP contribution in [0.4, 0.5) is 0 Å². The second-order valence-electron chi connectivity index (χ2n) is 4.07. The molecule has 0 aliphatic carbocycles. The Bertz CT molecular complexity index is 330. The quantitative estimate of drug-likeness (QED) is 0.701. The fourth-order valence-corrected chi connectivity index (χ4v) is 1.91. The molecule has 1 aliphatic heterocycles. The van der Waals surface area contributed by atoms with Gasteiger partial charge in [-0.05, 0) is 35.7 Å². The number of piperidine rings is 1. The first-order valence-corrected chi connectivity index (χ1v) is 5.48. The SMILES string of the molecule is NCC1CCN(C(=O)Cn2cnnn2)CC1. The van der Waals surface area contributed by atoms with Crippen LogP contribution >= 0.6 is 0 Å². The summed E-state index contributed by atoms with van der Waals surface area (Å²) in [5, 5.41) is 10.7. The largest absolute Gasteiger partial charge is 0.341 e. The average Bonchev–Trinajstić information content (AvgIpc) is 2.82. The van der Waals surface area contributed by atoms with Crippen molar-refractivity contribution in [1.82, 2.24) is 25.1 Å². The summed E-state index contributed by atoms with van der Waals surface area (Å²) < 4.78 is 1.44. The molecule has 1 saturated heterocycles. The summed E-state index contributed by atoms with van der Waals surface area (Å²) >= 11 is 0. The number of carbonyl (C=O) groups is 1. The van der Waals surface area contributed by atoms with Gasteiger partial charge in [0.05, 0.1) is 0 Å². The van der Waals surface area contributed by atoms with E-state index in [1.165, 1.54) is 11.0 Å². The van der Waals surface area contributed by atoms with Gasteiger partial charge in [0.15, 0.2) is 0 Å². The molecule has 0 atom stereocenters. The summed E-state index contributed by atoms with van der Waals surface area (Å²) in [6.07, 6.45) is 3.44. The summed E-state index contributed by atoms with van der Waals surface area (Å²) in [6.45, 7) is 2.53. The lowest BCUT2D eigenvalue weighted by atomic mass is 9.97. The Hall–Kier alpha value is -1.50. The lowest BCUT2D eigenvalue weighted by Gasteiger charge is -2.31. The molecule has 1 aromatic rings. The van der Waals surface area contributed by atoms with E-state index in [0.29, 0.717) is 5.92 Å². The lowest BCUT2D eigenvalue weighted by molar-refractivity contribution is -0.133. The summed E-state index contributed by atoms with van der Waals surface area (Å²) in [7, 11) is 0. The van der Waals surface area contributed by atoms with Gasteiger partial charge in [-0.3, -0.25) is 4.79 Å². The highest BCUT2D eigenvalue weighted by Gasteiger charge is 2.21. The van der Waals surface area contributed by atoms with Crippen molar-refractivity contribution in [2.45, 2.75) is 19.4 Å². The molecule has 1 amide bonds. The Morgan fingerprint density at radius 3 is 2.75 bits per heavy atom. The van der Waals surface area contributed by atoms with Crippen LogP contribution in [0.5, 0.6) is 0 Å². The van der Waals surface area contributed by atoms with Crippen LogP contribution in [0.25, 0.3) is 0 Å². The number of aromatic nitrogens is 4. The van der Waals surface area contributed by atoms with Crippen molar-refractivity contribution >= 4 is 5.91 Å². The van der Waals surface area contributed by atoms with Crippen molar-refractivity contribution in [2.24, 2.45) is 11.7 Å². The van der Waals surface area contributed by atoms with E-state index in [2.05, 4.69) is 15.5 Å². The summed E-state index contributed by atoms with van der Waals surface area (Å²) in [5.74, 6) is 0.639. The second kappa shape index (κ2) is 5.02. The fraction of sp³-hybridized carbons (Fsp3) is 0.778. The highest BCUT2D eigenvalue weighted by atomic mass is 16.2. The van der Waals surface area contributed by atoms with E-state index in [1.54, 1.807) is 0 Å². The smallest absolute Gasteiger partial charge is 0.244 e. The molecule has 7 nitrogen and oxygen atoms in total.